The minimum absolute atomic E-state index is 0.121. The average Bonchev–Trinajstić information content (AvgIpc) is 2.29. The summed E-state index contributed by atoms with van der Waals surface area (Å²) in [5, 5.41) is 5.04. The lowest BCUT2D eigenvalue weighted by molar-refractivity contribution is -0.146. The molecule has 1 rings (SSSR count). The van der Waals surface area contributed by atoms with Crippen LogP contribution in [-0.4, -0.2) is 21.9 Å². The molecule has 0 saturated carbocycles. The van der Waals surface area contributed by atoms with Gasteiger partial charge in [0.05, 0.1) is 0 Å². The highest BCUT2D eigenvalue weighted by atomic mass is 32.1. The van der Waals surface area contributed by atoms with E-state index in [1.807, 2.05) is 5.10 Å². The number of aromatic nitrogens is 3. The van der Waals surface area contributed by atoms with E-state index in [0.717, 1.165) is 0 Å². The van der Waals surface area contributed by atoms with Crippen molar-refractivity contribution < 1.29 is 13.2 Å². The number of halogens is 3. The molecule has 0 saturated heterocycles. The summed E-state index contributed by atoms with van der Waals surface area (Å²) in [5.74, 6) is -1.09. The minimum atomic E-state index is -4.50. The highest BCUT2D eigenvalue weighted by molar-refractivity contribution is 7.71. The number of rotatable bonds is 1. The van der Waals surface area contributed by atoms with E-state index in [-0.39, 0.29) is 4.77 Å². The van der Waals surface area contributed by atoms with Crippen LogP contribution >= 0.6 is 12.2 Å². The number of hydrogen-bond donors (Lipinski definition) is 2. The van der Waals surface area contributed by atoms with Gasteiger partial charge in [0.2, 0.25) is 4.77 Å². The van der Waals surface area contributed by atoms with Crippen LogP contribution in [0.4, 0.5) is 13.2 Å². The van der Waals surface area contributed by atoms with Gasteiger partial charge in [0, 0.05) is 7.05 Å². The summed E-state index contributed by atoms with van der Waals surface area (Å²) in [6.07, 6.45) is -4.50. The number of nitrogens with zero attached hydrogens (tertiary/aromatic N) is 2. The molecule has 0 aliphatic rings. The second kappa shape index (κ2) is 2.77. The SMILES string of the molecule is CNn1c(C(F)(F)F)n[nH]c1=S. The molecule has 0 aliphatic carbocycles. The second-order valence-corrected chi connectivity index (χ2v) is 2.30. The number of hydrogen-bond acceptors (Lipinski definition) is 3. The first kappa shape index (κ1) is 9.04. The molecule has 1 aromatic heterocycles. The van der Waals surface area contributed by atoms with Gasteiger partial charge < -0.3 is 5.43 Å². The highest BCUT2D eigenvalue weighted by Crippen LogP contribution is 2.26. The van der Waals surface area contributed by atoms with Crippen molar-refractivity contribution in [3.05, 3.63) is 10.6 Å². The molecule has 0 spiro atoms. The molecule has 0 aromatic carbocycles. The Labute approximate surface area is 70.4 Å². The van der Waals surface area contributed by atoms with Crippen molar-refractivity contribution in [3.8, 4) is 0 Å². The van der Waals surface area contributed by atoms with Gasteiger partial charge in [0.15, 0.2) is 0 Å². The van der Waals surface area contributed by atoms with E-state index in [0.29, 0.717) is 4.68 Å². The van der Waals surface area contributed by atoms with Crippen molar-refractivity contribution in [1.82, 2.24) is 14.9 Å². The largest absolute Gasteiger partial charge is 0.453 e. The summed E-state index contributed by atoms with van der Waals surface area (Å²) in [4.78, 5) is 0. The number of aromatic amines is 1. The lowest BCUT2D eigenvalue weighted by atomic mass is 10.6. The number of H-pyrrole nitrogens is 1. The van der Waals surface area contributed by atoms with E-state index in [9.17, 15) is 13.2 Å². The maximum absolute atomic E-state index is 12.1. The van der Waals surface area contributed by atoms with E-state index in [4.69, 9.17) is 0 Å². The van der Waals surface area contributed by atoms with Crippen LogP contribution in [0.15, 0.2) is 0 Å². The molecule has 8 heteroatoms. The zero-order valence-electron chi connectivity index (χ0n) is 5.94. The topological polar surface area (TPSA) is 45.6 Å². The van der Waals surface area contributed by atoms with Crippen LogP contribution in [0.1, 0.15) is 5.82 Å². The molecule has 0 bridgehead atoms. The summed E-state index contributed by atoms with van der Waals surface area (Å²) in [6.45, 7) is 0. The monoisotopic (exact) mass is 198 g/mol. The molecule has 0 atom stereocenters. The fraction of sp³-hybridized carbons (Fsp3) is 0.500. The maximum atomic E-state index is 12.1. The molecule has 0 unspecified atom stereocenters. The van der Waals surface area contributed by atoms with Crippen molar-refractivity contribution >= 4 is 12.2 Å². The maximum Gasteiger partial charge on any atom is 0.453 e. The first-order valence-corrected chi connectivity index (χ1v) is 3.30. The summed E-state index contributed by atoms with van der Waals surface area (Å²) >= 11 is 4.52. The van der Waals surface area contributed by atoms with Crippen LogP contribution in [-0.2, 0) is 6.18 Å². The Balaban J connectivity index is 3.26. The Morgan fingerprint density at radius 2 is 2.17 bits per heavy atom. The lowest BCUT2D eigenvalue weighted by Crippen LogP contribution is -2.20. The molecule has 0 amide bonds. The predicted octanol–water partition coefficient (Wildman–Crippen LogP) is 1.13. The van der Waals surface area contributed by atoms with Gasteiger partial charge in [-0.15, -0.1) is 5.10 Å². The van der Waals surface area contributed by atoms with Crippen molar-refractivity contribution in [1.29, 1.82) is 0 Å². The molecule has 1 heterocycles. The Hall–Kier alpha value is -1.05. The van der Waals surface area contributed by atoms with E-state index >= 15 is 0 Å². The van der Waals surface area contributed by atoms with Crippen molar-refractivity contribution in [2.45, 2.75) is 6.18 Å². The Morgan fingerprint density at radius 3 is 2.50 bits per heavy atom. The summed E-state index contributed by atoms with van der Waals surface area (Å²) in [7, 11) is 1.32. The second-order valence-electron chi connectivity index (χ2n) is 1.91. The first-order valence-electron chi connectivity index (χ1n) is 2.89. The molecular weight excluding hydrogens is 193 g/mol. The van der Waals surface area contributed by atoms with E-state index in [1.165, 1.54) is 7.05 Å². The van der Waals surface area contributed by atoms with Gasteiger partial charge in [0.25, 0.3) is 5.82 Å². The van der Waals surface area contributed by atoms with Crippen LogP contribution in [0.2, 0.25) is 0 Å². The molecule has 0 fully saturated rings. The van der Waals surface area contributed by atoms with Gasteiger partial charge in [-0.25, -0.2) is 9.77 Å². The summed E-state index contributed by atoms with van der Waals surface area (Å²) in [5.41, 5.74) is 2.25. The normalized spacial score (nSPS) is 11.7. The summed E-state index contributed by atoms with van der Waals surface area (Å²) in [6, 6.07) is 0. The molecule has 2 N–H and O–H groups in total. The Morgan fingerprint density at radius 1 is 1.58 bits per heavy atom. The van der Waals surface area contributed by atoms with E-state index in [2.05, 4.69) is 22.7 Å². The van der Waals surface area contributed by atoms with E-state index in [1.54, 1.807) is 0 Å². The molecule has 1 aromatic rings. The van der Waals surface area contributed by atoms with Crippen LogP contribution in [0, 0.1) is 4.77 Å². The third-order valence-corrected chi connectivity index (χ3v) is 1.42. The molecule has 12 heavy (non-hydrogen) atoms. The third-order valence-electron chi connectivity index (χ3n) is 1.15. The number of nitrogens with one attached hydrogen (secondary N) is 2. The van der Waals surface area contributed by atoms with Gasteiger partial charge in [-0.2, -0.15) is 13.2 Å². The van der Waals surface area contributed by atoms with Crippen molar-refractivity contribution in [3.63, 3.8) is 0 Å². The molecule has 0 radical (unpaired) electrons. The first-order chi connectivity index (χ1) is 5.46. The van der Waals surface area contributed by atoms with Crippen molar-refractivity contribution in [2.24, 2.45) is 0 Å². The fourth-order valence-corrected chi connectivity index (χ4v) is 0.918. The third kappa shape index (κ3) is 1.42. The summed E-state index contributed by atoms with van der Waals surface area (Å²) < 4.78 is 36.7. The number of alkyl halides is 3. The minimum Gasteiger partial charge on any atom is -0.325 e. The predicted molar refractivity (Wildman–Crippen MR) is 37.7 cm³/mol. The average molecular weight is 198 g/mol. The molecule has 0 aliphatic heterocycles. The Kier molecular flexibility index (Phi) is 2.09. The lowest BCUT2D eigenvalue weighted by Gasteiger charge is -2.06. The van der Waals surface area contributed by atoms with Gasteiger partial charge in [0.1, 0.15) is 0 Å². The van der Waals surface area contributed by atoms with Gasteiger partial charge in [-0.1, -0.05) is 0 Å². The quantitative estimate of drug-likeness (QED) is 0.665. The molecule has 68 valence electrons. The molecule has 4 nitrogen and oxygen atoms in total. The smallest absolute Gasteiger partial charge is 0.325 e. The van der Waals surface area contributed by atoms with Gasteiger partial charge in [-0.3, -0.25) is 0 Å². The van der Waals surface area contributed by atoms with Gasteiger partial charge >= 0.3 is 6.18 Å². The zero-order valence-corrected chi connectivity index (χ0v) is 6.75. The van der Waals surface area contributed by atoms with Crippen LogP contribution < -0.4 is 5.43 Å². The van der Waals surface area contributed by atoms with Crippen LogP contribution in [0.25, 0.3) is 0 Å². The standard InChI is InChI=1S/C4H5F3N4S/c1-8-11-2(4(5,6)7)9-10-3(11)12/h8H,1H3,(H,10,12). The van der Waals surface area contributed by atoms with Crippen LogP contribution in [0.5, 0.6) is 0 Å². The fourth-order valence-electron chi connectivity index (χ4n) is 0.695. The van der Waals surface area contributed by atoms with Gasteiger partial charge in [-0.05, 0) is 12.2 Å². The van der Waals surface area contributed by atoms with Crippen molar-refractivity contribution in [2.75, 3.05) is 12.5 Å². The Bertz CT molecular complexity index is 324. The highest BCUT2D eigenvalue weighted by Gasteiger charge is 2.37. The zero-order chi connectivity index (χ0) is 9.35. The van der Waals surface area contributed by atoms with Crippen LogP contribution in [0.3, 0.4) is 0 Å². The molecular formula is C4H5F3N4S. The van der Waals surface area contributed by atoms with E-state index < -0.39 is 12.0 Å².